The third-order valence-electron chi connectivity index (χ3n) is 8.74. The Morgan fingerprint density at radius 1 is 0.974 bits per heavy atom. The predicted octanol–water partition coefficient (Wildman–Crippen LogP) is 6.27. The lowest BCUT2D eigenvalue weighted by atomic mass is 9.91. The van der Waals surface area contributed by atoms with Gasteiger partial charge in [-0.3, -0.25) is 0 Å². The van der Waals surface area contributed by atoms with Crippen LogP contribution in [-0.2, 0) is 34.0 Å². The van der Waals surface area contributed by atoms with E-state index in [1.165, 1.54) is 38.9 Å². The van der Waals surface area contributed by atoms with Crippen molar-refractivity contribution in [1.29, 1.82) is 0 Å². The van der Waals surface area contributed by atoms with Crippen molar-refractivity contribution in [2.24, 2.45) is 11.8 Å². The lowest BCUT2D eigenvalue weighted by Crippen LogP contribution is -2.26. The molecule has 3 aliphatic rings. The fraction of sp³-hybridized carbons (Fsp3) is 0.424. The van der Waals surface area contributed by atoms with Gasteiger partial charge in [-0.2, -0.15) is 0 Å². The highest BCUT2D eigenvalue weighted by Crippen LogP contribution is 2.46. The SMILES string of the molecule is Cc1cc(OCC2CCS(=O)(=O)CC2)cc2c1-c1cc(CNc3ccc([C@H]4C[C@@H]4C=O)cc3)ccc1CCC2. The Bertz CT molecular complexity index is 1460. The van der Waals surface area contributed by atoms with Gasteiger partial charge in [0.05, 0.1) is 18.1 Å². The standard InChI is InChI=1S/C33H37NO4S/c1-22-15-30(38-21-23-11-13-39(36,37)14-12-23)17-27-4-2-3-25-6-5-24(16-32(25)33(22)27)19-34-29-9-7-26(8-10-29)31-18-28(31)20-35/h5-10,15-17,20,23,28,31,34H,2-4,11-14,18-19,21H2,1H3/t28-,31-/m1/s1. The van der Waals surface area contributed by atoms with Gasteiger partial charge in [0.25, 0.3) is 0 Å². The van der Waals surface area contributed by atoms with E-state index in [1.54, 1.807) is 0 Å². The first-order valence-electron chi connectivity index (χ1n) is 14.3. The number of carbonyl (C=O) groups excluding carboxylic acids is 1. The Balaban J connectivity index is 1.15. The van der Waals surface area contributed by atoms with Crippen molar-refractivity contribution < 1.29 is 17.9 Å². The average Bonchev–Trinajstić information content (AvgIpc) is 3.74. The summed E-state index contributed by atoms with van der Waals surface area (Å²) in [5, 5.41) is 3.57. The predicted molar refractivity (Wildman–Crippen MR) is 156 cm³/mol. The van der Waals surface area contributed by atoms with Gasteiger partial charge in [0.15, 0.2) is 0 Å². The normalized spacial score (nSPS) is 21.8. The summed E-state index contributed by atoms with van der Waals surface area (Å²) in [5.74, 6) is 2.38. The van der Waals surface area contributed by atoms with Crippen LogP contribution in [0.5, 0.6) is 5.75 Å². The monoisotopic (exact) mass is 543 g/mol. The van der Waals surface area contributed by atoms with E-state index in [2.05, 4.69) is 66.8 Å². The molecule has 6 rings (SSSR count). The van der Waals surface area contributed by atoms with Gasteiger partial charge in [0.2, 0.25) is 0 Å². The molecule has 2 atom stereocenters. The minimum Gasteiger partial charge on any atom is -0.493 e. The van der Waals surface area contributed by atoms with Crippen LogP contribution in [0, 0.1) is 18.8 Å². The van der Waals surface area contributed by atoms with E-state index in [-0.39, 0.29) is 17.4 Å². The van der Waals surface area contributed by atoms with E-state index >= 15 is 0 Å². The zero-order chi connectivity index (χ0) is 27.0. The first-order chi connectivity index (χ1) is 18.9. The van der Waals surface area contributed by atoms with Crippen molar-refractivity contribution in [3.8, 4) is 16.9 Å². The number of fused-ring (bicyclic) bond motifs is 3. The van der Waals surface area contributed by atoms with Crippen LogP contribution < -0.4 is 10.1 Å². The van der Waals surface area contributed by atoms with E-state index < -0.39 is 9.84 Å². The second-order valence-corrected chi connectivity index (χ2v) is 13.9. The van der Waals surface area contributed by atoms with E-state index in [4.69, 9.17) is 4.74 Å². The molecule has 0 aromatic heterocycles. The molecule has 2 fully saturated rings. The van der Waals surface area contributed by atoms with Gasteiger partial charge >= 0.3 is 0 Å². The summed E-state index contributed by atoms with van der Waals surface area (Å²) in [4.78, 5) is 11.0. The molecule has 6 heteroatoms. The van der Waals surface area contributed by atoms with Crippen LogP contribution in [0.25, 0.3) is 11.1 Å². The molecule has 0 spiro atoms. The molecule has 5 nitrogen and oxygen atoms in total. The number of sulfone groups is 1. The maximum atomic E-state index is 11.7. The summed E-state index contributed by atoms with van der Waals surface area (Å²) >= 11 is 0. The molecule has 39 heavy (non-hydrogen) atoms. The Labute approximate surface area is 231 Å². The number of hydrogen-bond donors (Lipinski definition) is 1. The molecule has 0 unspecified atom stereocenters. The number of aldehydes is 1. The van der Waals surface area contributed by atoms with Crippen molar-refractivity contribution in [3.63, 3.8) is 0 Å². The molecule has 1 saturated heterocycles. The number of rotatable bonds is 8. The van der Waals surface area contributed by atoms with Crippen molar-refractivity contribution in [3.05, 3.63) is 82.4 Å². The van der Waals surface area contributed by atoms with Crippen LogP contribution in [0.3, 0.4) is 0 Å². The zero-order valence-corrected chi connectivity index (χ0v) is 23.4. The quantitative estimate of drug-likeness (QED) is 0.339. The van der Waals surface area contributed by atoms with Gasteiger partial charge in [-0.25, -0.2) is 8.42 Å². The average molecular weight is 544 g/mol. The molecule has 3 aromatic carbocycles. The number of aryl methyl sites for hydroxylation is 3. The van der Waals surface area contributed by atoms with Crippen LogP contribution in [0.15, 0.2) is 54.6 Å². The van der Waals surface area contributed by atoms with Crippen LogP contribution in [0.1, 0.15) is 59.4 Å². The van der Waals surface area contributed by atoms with Crippen molar-refractivity contribution in [2.45, 2.75) is 57.9 Å². The summed E-state index contributed by atoms with van der Waals surface area (Å²) in [7, 11) is -2.85. The Morgan fingerprint density at radius 2 is 1.74 bits per heavy atom. The molecule has 0 radical (unpaired) electrons. The summed E-state index contributed by atoms with van der Waals surface area (Å²) in [6.07, 6.45) is 6.65. The Kier molecular flexibility index (Phi) is 7.23. The maximum Gasteiger partial charge on any atom is 0.150 e. The van der Waals surface area contributed by atoms with Crippen molar-refractivity contribution in [1.82, 2.24) is 0 Å². The smallest absolute Gasteiger partial charge is 0.150 e. The number of benzene rings is 3. The molecule has 3 aromatic rings. The van der Waals surface area contributed by atoms with E-state index in [1.807, 2.05) is 0 Å². The molecule has 2 aliphatic carbocycles. The highest BCUT2D eigenvalue weighted by Gasteiger charge is 2.37. The Morgan fingerprint density at radius 3 is 2.49 bits per heavy atom. The van der Waals surface area contributed by atoms with Crippen LogP contribution >= 0.6 is 0 Å². The van der Waals surface area contributed by atoms with Gasteiger partial charge in [0, 0.05) is 18.2 Å². The van der Waals surface area contributed by atoms with Gasteiger partial charge in [-0.15, -0.1) is 0 Å². The molecule has 1 heterocycles. The molecular formula is C33H37NO4S. The summed E-state index contributed by atoms with van der Waals surface area (Å²) < 4.78 is 29.7. The molecule has 1 aliphatic heterocycles. The fourth-order valence-corrected chi connectivity index (χ4v) is 7.85. The molecule has 0 amide bonds. The first kappa shape index (κ1) is 26.1. The lowest BCUT2D eigenvalue weighted by molar-refractivity contribution is -0.108. The van der Waals surface area contributed by atoms with Gasteiger partial charge in [0.1, 0.15) is 21.9 Å². The second kappa shape index (κ2) is 10.8. The topological polar surface area (TPSA) is 72.5 Å². The summed E-state index contributed by atoms with van der Waals surface area (Å²) in [6, 6.07) is 19.7. The van der Waals surface area contributed by atoms with Gasteiger partial charge in [-0.05, 0) is 127 Å². The minimum absolute atomic E-state index is 0.204. The largest absolute Gasteiger partial charge is 0.493 e. The lowest BCUT2D eigenvalue weighted by Gasteiger charge is -2.23. The highest BCUT2D eigenvalue weighted by atomic mass is 32.2. The van der Waals surface area contributed by atoms with Crippen LogP contribution in [0.4, 0.5) is 5.69 Å². The minimum atomic E-state index is -2.85. The molecule has 1 saturated carbocycles. The van der Waals surface area contributed by atoms with E-state index in [9.17, 15) is 13.2 Å². The molecule has 1 N–H and O–H groups in total. The van der Waals surface area contributed by atoms with E-state index in [0.29, 0.717) is 31.3 Å². The third-order valence-corrected chi connectivity index (χ3v) is 10.5. The summed E-state index contributed by atoms with van der Waals surface area (Å²) in [6.45, 7) is 3.51. The third kappa shape index (κ3) is 5.91. The first-order valence-corrected chi connectivity index (χ1v) is 16.1. The van der Waals surface area contributed by atoms with Crippen molar-refractivity contribution in [2.75, 3.05) is 23.4 Å². The number of ether oxygens (including phenoxy) is 1. The number of carbonyl (C=O) groups is 1. The zero-order valence-electron chi connectivity index (χ0n) is 22.6. The van der Waals surface area contributed by atoms with Crippen molar-refractivity contribution >= 4 is 21.8 Å². The second-order valence-electron chi connectivity index (χ2n) is 11.6. The number of hydrogen-bond acceptors (Lipinski definition) is 5. The maximum absolute atomic E-state index is 11.7. The fourth-order valence-electron chi connectivity index (χ4n) is 6.26. The van der Waals surface area contributed by atoms with Crippen LogP contribution in [0.2, 0.25) is 0 Å². The number of nitrogens with one attached hydrogen (secondary N) is 1. The van der Waals surface area contributed by atoms with Crippen LogP contribution in [-0.4, -0.2) is 32.8 Å². The molecule has 204 valence electrons. The molecule has 0 bridgehead atoms. The van der Waals surface area contributed by atoms with Gasteiger partial charge < -0.3 is 14.8 Å². The highest BCUT2D eigenvalue weighted by molar-refractivity contribution is 7.91. The van der Waals surface area contributed by atoms with Gasteiger partial charge in [-0.1, -0.05) is 24.3 Å². The molecular weight excluding hydrogens is 506 g/mol. The Hall–Kier alpha value is -3.12. The number of anilines is 1. The van der Waals surface area contributed by atoms with E-state index in [0.717, 1.165) is 50.0 Å². The summed E-state index contributed by atoms with van der Waals surface area (Å²) in [5.41, 5.74) is 10.2.